The third kappa shape index (κ3) is 2.32. The van der Waals surface area contributed by atoms with Crippen LogP contribution in [0.2, 0.25) is 5.02 Å². The Kier molecular flexibility index (Phi) is 3.53. The number of rotatable bonds is 2. The monoisotopic (exact) mass is 258 g/mol. The van der Waals surface area contributed by atoms with E-state index in [-0.39, 0.29) is 0 Å². The molecule has 1 nitrogen and oxygen atoms in total. The van der Waals surface area contributed by atoms with Crippen LogP contribution in [0.15, 0.2) is 30.3 Å². The molecule has 0 N–H and O–H groups in total. The highest BCUT2D eigenvalue weighted by Crippen LogP contribution is 2.32. The van der Waals surface area contributed by atoms with Crippen molar-refractivity contribution in [3.8, 4) is 11.1 Å². The summed E-state index contributed by atoms with van der Waals surface area (Å²) in [5, 5.41) is 0.750. The number of carbonyl (C=O) groups is 1. The van der Waals surface area contributed by atoms with E-state index in [1.54, 1.807) is 0 Å². The van der Waals surface area contributed by atoms with E-state index in [9.17, 15) is 4.79 Å². The van der Waals surface area contributed by atoms with Gasteiger partial charge in [-0.15, -0.1) is 0 Å². The summed E-state index contributed by atoms with van der Waals surface area (Å²) in [5.74, 6) is 0. The SMILES string of the molecule is Cc1cc(Cl)c(-c2ccc(C=O)cc2C)cc1C. The van der Waals surface area contributed by atoms with Gasteiger partial charge in [-0.05, 0) is 61.2 Å². The summed E-state index contributed by atoms with van der Waals surface area (Å²) in [5.41, 5.74) is 6.25. The van der Waals surface area contributed by atoms with Crippen molar-refractivity contribution in [2.24, 2.45) is 0 Å². The molecule has 0 spiro atoms. The number of carbonyl (C=O) groups excluding carboxylic acids is 1. The molecule has 0 bridgehead atoms. The van der Waals surface area contributed by atoms with Gasteiger partial charge in [0.1, 0.15) is 6.29 Å². The minimum atomic E-state index is 0.691. The molecule has 0 aromatic heterocycles. The van der Waals surface area contributed by atoms with Crippen molar-refractivity contribution >= 4 is 17.9 Å². The first-order valence-corrected chi connectivity index (χ1v) is 6.23. The molecule has 0 atom stereocenters. The van der Waals surface area contributed by atoms with Gasteiger partial charge in [-0.2, -0.15) is 0 Å². The zero-order chi connectivity index (χ0) is 13.3. The van der Waals surface area contributed by atoms with Gasteiger partial charge in [-0.3, -0.25) is 4.79 Å². The fraction of sp³-hybridized carbons (Fsp3) is 0.188. The molecule has 0 aliphatic carbocycles. The molecule has 0 aliphatic heterocycles. The van der Waals surface area contributed by atoms with Gasteiger partial charge >= 0.3 is 0 Å². The molecule has 2 rings (SSSR count). The van der Waals surface area contributed by atoms with Crippen LogP contribution in [0.3, 0.4) is 0 Å². The summed E-state index contributed by atoms with van der Waals surface area (Å²) < 4.78 is 0. The maximum Gasteiger partial charge on any atom is 0.150 e. The molecular formula is C16H15ClO. The second-order valence-electron chi connectivity index (χ2n) is 4.61. The highest BCUT2D eigenvalue weighted by molar-refractivity contribution is 6.33. The van der Waals surface area contributed by atoms with E-state index in [2.05, 4.69) is 13.0 Å². The molecule has 92 valence electrons. The first kappa shape index (κ1) is 12.8. The third-order valence-electron chi connectivity index (χ3n) is 3.26. The second-order valence-corrected chi connectivity index (χ2v) is 5.02. The molecule has 0 aliphatic rings. The normalized spacial score (nSPS) is 10.4. The molecule has 2 aromatic carbocycles. The van der Waals surface area contributed by atoms with Crippen LogP contribution >= 0.6 is 11.6 Å². The van der Waals surface area contributed by atoms with Crippen LogP contribution < -0.4 is 0 Å². The Morgan fingerprint density at radius 2 is 1.56 bits per heavy atom. The van der Waals surface area contributed by atoms with Crippen LogP contribution in [0.5, 0.6) is 0 Å². The quantitative estimate of drug-likeness (QED) is 0.711. The van der Waals surface area contributed by atoms with Crippen LogP contribution in [-0.4, -0.2) is 6.29 Å². The van der Waals surface area contributed by atoms with E-state index in [1.165, 1.54) is 11.1 Å². The molecule has 0 saturated heterocycles. The average molecular weight is 259 g/mol. The van der Waals surface area contributed by atoms with Gasteiger partial charge in [-0.25, -0.2) is 0 Å². The van der Waals surface area contributed by atoms with E-state index in [4.69, 9.17) is 11.6 Å². The van der Waals surface area contributed by atoms with Crippen LogP contribution in [0, 0.1) is 20.8 Å². The summed E-state index contributed by atoms with van der Waals surface area (Å²) in [4.78, 5) is 10.7. The van der Waals surface area contributed by atoms with Crippen LogP contribution in [0.25, 0.3) is 11.1 Å². The number of aldehydes is 1. The van der Waals surface area contributed by atoms with Gasteiger partial charge in [0.2, 0.25) is 0 Å². The first-order valence-electron chi connectivity index (χ1n) is 5.86. The Morgan fingerprint density at radius 3 is 2.17 bits per heavy atom. The Balaban J connectivity index is 2.62. The van der Waals surface area contributed by atoms with Crippen LogP contribution in [-0.2, 0) is 0 Å². The summed E-state index contributed by atoms with van der Waals surface area (Å²) in [6.07, 6.45) is 0.860. The van der Waals surface area contributed by atoms with Crippen LogP contribution in [0.4, 0.5) is 0 Å². The van der Waals surface area contributed by atoms with Gasteiger partial charge in [0, 0.05) is 16.1 Å². The first-order chi connectivity index (χ1) is 8.52. The maximum absolute atomic E-state index is 10.7. The van der Waals surface area contributed by atoms with E-state index in [0.29, 0.717) is 5.56 Å². The lowest BCUT2D eigenvalue weighted by molar-refractivity contribution is 0.112. The van der Waals surface area contributed by atoms with Crippen molar-refractivity contribution in [1.29, 1.82) is 0 Å². The van der Waals surface area contributed by atoms with Crippen LogP contribution in [0.1, 0.15) is 27.0 Å². The maximum atomic E-state index is 10.7. The minimum absolute atomic E-state index is 0.691. The Bertz CT molecular complexity index is 615. The fourth-order valence-electron chi connectivity index (χ4n) is 2.05. The predicted octanol–water partition coefficient (Wildman–Crippen LogP) is 4.74. The van der Waals surface area contributed by atoms with Crippen molar-refractivity contribution in [2.75, 3.05) is 0 Å². The zero-order valence-corrected chi connectivity index (χ0v) is 11.5. The highest BCUT2D eigenvalue weighted by Gasteiger charge is 2.09. The topological polar surface area (TPSA) is 17.1 Å². The molecule has 18 heavy (non-hydrogen) atoms. The molecule has 0 amide bonds. The molecule has 0 unspecified atom stereocenters. The summed E-state index contributed by atoms with van der Waals surface area (Å²) in [6.45, 7) is 6.12. The molecule has 0 heterocycles. The van der Waals surface area contributed by atoms with Crippen molar-refractivity contribution in [3.63, 3.8) is 0 Å². The summed E-state index contributed by atoms with van der Waals surface area (Å²) in [7, 11) is 0. The smallest absolute Gasteiger partial charge is 0.150 e. The van der Waals surface area contributed by atoms with Crippen molar-refractivity contribution < 1.29 is 4.79 Å². The lowest BCUT2D eigenvalue weighted by Gasteiger charge is -2.11. The molecular weight excluding hydrogens is 244 g/mol. The second kappa shape index (κ2) is 4.95. The van der Waals surface area contributed by atoms with Gasteiger partial charge in [0.25, 0.3) is 0 Å². The summed E-state index contributed by atoms with van der Waals surface area (Å²) in [6, 6.07) is 9.74. The van der Waals surface area contributed by atoms with Gasteiger partial charge in [0.15, 0.2) is 0 Å². The number of halogens is 1. The van der Waals surface area contributed by atoms with Gasteiger partial charge in [-0.1, -0.05) is 23.7 Å². The lowest BCUT2D eigenvalue weighted by Crippen LogP contribution is -1.90. The Labute approximate surface area is 112 Å². The molecule has 0 radical (unpaired) electrons. The minimum Gasteiger partial charge on any atom is -0.298 e. The number of hydrogen-bond donors (Lipinski definition) is 0. The van der Waals surface area contributed by atoms with Gasteiger partial charge in [0.05, 0.1) is 0 Å². The Morgan fingerprint density at radius 1 is 0.889 bits per heavy atom. The number of hydrogen-bond acceptors (Lipinski definition) is 1. The van der Waals surface area contributed by atoms with E-state index < -0.39 is 0 Å². The van der Waals surface area contributed by atoms with E-state index >= 15 is 0 Å². The van der Waals surface area contributed by atoms with Crippen molar-refractivity contribution in [3.05, 3.63) is 57.6 Å². The summed E-state index contributed by atoms with van der Waals surface area (Å²) >= 11 is 6.31. The molecule has 2 heteroatoms. The predicted molar refractivity (Wildman–Crippen MR) is 76.5 cm³/mol. The number of aryl methyl sites for hydroxylation is 3. The van der Waals surface area contributed by atoms with Crippen molar-refractivity contribution in [2.45, 2.75) is 20.8 Å². The fourth-order valence-corrected chi connectivity index (χ4v) is 2.37. The van der Waals surface area contributed by atoms with Gasteiger partial charge < -0.3 is 0 Å². The van der Waals surface area contributed by atoms with Crippen molar-refractivity contribution in [1.82, 2.24) is 0 Å². The highest BCUT2D eigenvalue weighted by atomic mass is 35.5. The molecule has 0 saturated carbocycles. The third-order valence-corrected chi connectivity index (χ3v) is 3.57. The average Bonchev–Trinajstić information content (AvgIpc) is 2.34. The van der Waals surface area contributed by atoms with E-state index in [1.807, 2.05) is 38.1 Å². The number of benzene rings is 2. The zero-order valence-electron chi connectivity index (χ0n) is 10.8. The largest absolute Gasteiger partial charge is 0.298 e. The van der Waals surface area contributed by atoms with E-state index in [0.717, 1.165) is 28.0 Å². The Hall–Kier alpha value is -1.60. The molecule has 0 fully saturated rings. The lowest BCUT2D eigenvalue weighted by atomic mass is 9.96. The standard InChI is InChI=1S/C16H15ClO/c1-10-7-15(16(17)8-11(10)2)14-5-4-13(9-18)6-12(14)3/h4-9H,1-3H3. The molecule has 2 aromatic rings.